The minimum Gasteiger partial charge on any atom is -0.370 e. The monoisotopic (exact) mass is 404 g/mol. The van der Waals surface area contributed by atoms with E-state index >= 15 is 0 Å². The Morgan fingerprint density at radius 2 is 2.17 bits per heavy atom. The van der Waals surface area contributed by atoms with E-state index in [-0.39, 0.29) is 24.0 Å². The highest BCUT2D eigenvalue weighted by atomic mass is 127. The molecule has 0 saturated heterocycles. The van der Waals surface area contributed by atoms with E-state index in [1.807, 2.05) is 7.05 Å². The lowest BCUT2D eigenvalue weighted by Gasteiger charge is -2.11. The lowest BCUT2D eigenvalue weighted by Crippen LogP contribution is -2.38. The van der Waals surface area contributed by atoms with Gasteiger partial charge in [0.2, 0.25) is 0 Å². The van der Waals surface area contributed by atoms with Crippen LogP contribution in [0.15, 0.2) is 11.1 Å². The van der Waals surface area contributed by atoms with Crippen LogP contribution in [0.5, 0.6) is 0 Å². The molecule has 0 aliphatic carbocycles. The van der Waals surface area contributed by atoms with Crippen LogP contribution in [0.25, 0.3) is 0 Å². The summed E-state index contributed by atoms with van der Waals surface area (Å²) in [7, 11) is 1.84. The third-order valence-corrected chi connectivity index (χ3v) is 3.48. The second-order valence-electron chi connectivity index (χ2n) is 3.99. The maximum Gasteiger partial charge on any atom is 0.189 e. The van der Waals surface area contributed by atoms with E-state index in [1.54, 1.807) is 10.6 Å². The summed E-state index contributed by atoms with van der Waals surface area (Å²) in [6.45, 7) is 4.60. The first kappa shape index (κ1) is 17.9. The number of nitrogens with one attached hydrogen (secondary N) is 1. The molecule has 104 valence electrons. The molecule has 1 rings (SSSR count). The van der Waals surface area contributed by atoms with Gasteiger partial charge in [0.25, 0.3) is 0 Å². The molecule has 0 saturated carbocycles. The van der Waals surface area contributed by atoms with Crippen molar-refractivity contribution in [2.45, 2.75) is 32.9 Å². The van der Waals surface area contributed by atoms with Gasteiger partial charge in [-0.15, -0.1) is 24.0 Å². The lowest BCUT2D eigenvalue weighted by atomic mass is 10.3. The molecule has 1 unspecified atom stereocenters. The smallest absolute Gasteiger partial charge is 0.189 e. The molecule has 1 aromatic rings. The van der Waals surface area contributed by atoms with Gasteiger partial charge in [-0.1, -0.05) is 30.1 Å². The van der Waals surface area contributed by atoms with Crippen LogP contribution in [0.3, 0.4) is 0 Å². The molecule has 7 heteroatoms. The number of hydrogen-bond acceptors (Lipinski definition) is 1. The van der Waals surface area contributed by atoms with Crippen LogP contribution in [0.1, 0.15) is 26.0 Å². The number of rotatable bonds is 4. The van der Waals surface area contributed by atoms with Crippen LogP contribution in [-0.2, 0) is 13.6 Å². The van der Waals surface area contributed by atoms with Gasteiger partial charge < -0.3 is 15.6 Å². The van der Waals surface area contributed by atoms with Crippen molar-refractivity contribution in [2.75, 3.05) is 0 Å². The summed E-state index contributed by atoms with van der Waals surface area (Å²) in [4.78, 5) is 4.24. The number of halogens is 3. The fraction of sp³-hybridized carbons (Fsp3) is 0.545. The second kappa shape index (κ2) is 8.12. The molecule has 0 fully saturated rings. The van der Waals surface area contributed by atoms with Crippen LogP contribution < -0.4 is 11.1 Å². The summed E-state index contributed by atoms with van der Waals surface area (Å²) >= 11 is 11.9. The molecule has 18 heavy (non-hydrogen) atoms. The summed E-state index contributed by atoms with van der Waals surface area (Å²) in [6.07, 6.45) is 0.998. The normalized spacial score (nSPS) is 13.1. The lowest BCUT2D eigenvalue weighted by molar-refractivity contribution is 0.636. The van der Waals surface area contributed by atoms with Gasteiger partial charge in [-0.3, -0.25) is 0 Å². The van der Waals surface area contributed by atoms with Crippen LogP contribution in [0.4, 0.5) is 0 Å². The van der Waals surface area contributed by atoms with Crippen molar-refractivity contribution >= 4 is 53.1 Å². The van der Waals surface area contributed by atoms with Crippen molar-refractivity contribution < 1.29 is 0 Å². The number of hydrogen-bond donors (Lipinski definition) is 2. The zero-order valence-electron chi connectivity index (χ0n) is 10.7. The average molecular weight is 405 g/mol. The highest BCUT2D eigenvalue weighted by Crippen LogP contribution is 2.25. The second-order valence-corrected chi connectivity index (χ2v) is 4.75. The van der Waals surface area contributed by atoms with Crippen LogP contribution in [0, 0.1) is 0 Å². The molecule has 1 aromatic heterocycles. The zero-order chi connectivity index (χ0) is 13.0. The van der Waals surface area contributed by atoms with E-state index in [0.717, 1.165) is 12.1 Å². The predicted molar refractivity (Wildman–Crippen MR) is 89.1 cm³/mol. The Morgan fingerprint density at radius 1 is 1.56 bits per heavy atom. The first-order valence-corrected chi connectivity index (χ1v) is 6.27. The minimum atomic E-state index is 0. The summed E-state index contributed by atoms with van der Waals surface area (Å²) in [5, 5.41) is 4.15. The Hall–Kier alpha value is -0.140. The Bertz CT molecular complexity index is 417. The van der Waals surface area contributed by atoms with Gasteiger partial charge >= 0.3 is 0 Å². The third kappa shape index (κ3) is 4.85. The number of guanidine groups is 1. The van der Waals surface area contributed by atoms with Gasteiger partial charge in [0, 0.05) is 18.8 Å². The highest BCUT2D eigenvalue weighted by molar-refractivity contribution is 14.0. The largest absolute Gasteiger partial charge is 0.370 e. The van der Waals surface area contributed by atoms with Crippen molar-refractivity contribution in [3.05, 3.63) is 21.9 Å². The van der Waals surface area contributed by atoms with E-state index in [4.69, 9.17) is 28.9 Å². The average Bonchev–Trinajstić information content (AvgIpc) is 2.54. The Labute approximate surface area is 135 Å². The molecular formula is C11H19Cl2IN4. The van der Waals surface area contributed by atoms with E-state index in [0.29, 0.717) is 28.7 Å². The predicted octanol–water partition coefficient (Wildman–Crippen LogP) is 3.15. The third-order valence-electron chi connectivity index (χ3n) is 2.63. The Balaban J connectivity index is 0.00000289. The molecule has 1 heterocycles. The van der Waals surface area contributed by atoms with E-state index in [1.165, 1.54) is 0 Å². The van der Waals surface area contributed by atoms with E-state index in [2.05, 4.69) is 24.2 Å². The van der Waals surface area contributed by atoms with Crippen molar-refractivity contribution in [1.29, 1.82) is 0 Å². The molecule has 0 amide bonds. The zero-order valence-corrected chi connectivity index (χ0v) is 14.5. The van der Waals surface area contributed by atoms with Gasteiger partial charge in [0.05, 0.1) is 11.6 Å². The number of nitrogens with two attached hydrogens (primary N) is 1. The van der Waals surface area contributed by atoms with Crippen molar-refractivity contribution in [1.82, 2.24) is 9.88 Å². The summed E-state index contributed by atoms with van der Waals surface area (Å²) in [5.74, 6) is 0.438. The Kier molecular flexibility index (Phi) is 8.05. The molecule has 0 aliphatic heterocycles. The van der Waals surface area contributed by atoms with Crippen molar-refractivity contribution in [2.24, 2.45) is 17.8 Å². The fourth-order valence-electron chi connectivity index (χ4n) is 1.31. The molecule has 0 spiro atoms. The first-order valence-electron chi connectivity index (χ1n) is 5.51. The Morgan fingerprint density at radius 3 is 2.61 bits per heavy atom. The molecular weight excluding hydrogens is 386 g/mol. The number of aromatic nitrogens is 1. The molecule has 0 bridgehead atoms. The topological polar surface area (TPSA) is 55.3 Å². The van der Waals surface area contributed by atoms with Crippen LogP contribution in [-0.4, -0.2) is 16.6 Å². The standard InChI is InChI=1S/C11H18Cl2N4.HI/c1-4-7(2)16-11(14)15-6-8-5-9(12)10(13)17(8)3;/h5,7H,4,6H2,1-3H3,(H3,14,15,16);1H. The van der Waals surface area contributed by atoms with Crippen molar-refractivity contribution in [3.63, 3.8) is 0 Å². The van der Waals surface area contributed by atoms with Crippen LogP contribution in [0.2, 0.25) is 10.2 Å². The van der Waals surface area contributed by atoms with E-state index in [9.17, 15) is 0 Å². The first-order chi connectivity index (χ1) is 7.95. The van der Waals surface area contributed by atoms with Crippen LogP contribution >= 0.6 is 47.2 Å². The number of aliphatic imine (C=N–C) groups is 1. The molecule has 0 radical (unpaired) electrons. The molecule has 1 atom stereocenters. The molecule has 3 N–H and O–H groups in total. The van der Waals surface area contributed by atoms with Gasteiger partial charge in [-0.05, 0) is 19.4 Å². The maximum absolute atomic E-state index is 5.96. The molecule has 0 aliphatic rings. The molecule has 4 nitrogen and oxygen atoms in total. The van der Waals surface area contributed by atoms with Gasteiger partial charge in [0.15, 0.2) is 5.96 Å². The summed E-state index contributed by atoms with van der Waals surface area (Å²) in [5.41, 5.74) is 6.68. The minimum absolute atomic E-state index is 0. The highest BCUT2D eigenvalue weighted by Gasteiger charge is 2.08. The van der Waals surface area contributed by atoms with Gasteiger partial charge in [-0.25, -0.2) is 4.99 Å². The number of nitrogens with zero attached hydrogens (tertiary/aromatic N) is 2. The summed E-state index contributed by atoms with van der Waals surface area (Å²) < 4.78 is 1.80. The van der Waals surface area contributed by atoms with Gasteiger partial charge in [-0.2, -0.15) is 0 Å². The van der Waals surface area contributed by atoms with E-state index < -0.39 is 0 Å². The summed E-state index contributed by atoms with van der Waals surface area (Å²) in [6, 6.07) is 2.11. The maximum atomic E-state index is 5.96. The van der Waals surface area contributed by atoms with Crippen molar-refractivity contribution in [3.8, 4) is 0 Å². The van der Waals surface area contributed by atoms with Gasteiger partial charge in [0.1, 0.15) is 5.15 Å². The fourth-order valence-corrected chi connectivity index (χ4v) is 1.72. The quantitative estimate of drug-likeness (QED) is 0.460. The molecule has 0 aromatic carbocycles. The SMILES string of the molecule is CCC(C)NC(N)=NCc1cc(Cl)c(Cl)n1C.I.